The highest BCUT2D eigenvalue weighted by Crippen LogP contribution is 2.33. The molecule has 0 aliphatic carbocycles. The average molecular weight is 288 g/mol. The number of hydrogen-bond acceptors (Lipinski definition) is 2. The van der Waals surface area contributed by atoms with Gasteiger partial charge < -0.3 is 0 Å². The third-order valence-electron chi connectivity index (χ3n) is 2.02. The molecule has 3 nitrogen and oxygen atoms in total. The molecule has 0 aliphatic heterocycles. The van der Waals surface area contributed by atoms with E-state index in [4.69, 9.17) is 11.6 Å². The van der Waals surface area contributed by atoms with Crippen molar-refractivity contribution in [3.8, 4) is 0 Å². The van der Waals surface area contributed by atoms with Gasteiger partial charge in [0, 0.05) is 14.1 Å². The lowest BCUT2D eigenvalue weighted by Gasteiger charge is -2.14. The predicted octanol–water partition coefficient (Wildman–Crippen LogP) is 2.61. The van der Waals surface area contributed by atoms with Gasteiger partial charge in [0.05, 0.1) is 10.6 Å². The van der Waals surface area contributed by atoms with E-state index in [0.29, 0.717) is 6.07 Å². The second kappa shape index (κ2) is 4.47. The fourth-order valence-corrected chi connectivity index (χ4v) is 2.47. The molecule has 0 atom stereocenters. The Labute approximate surface area is 102 Å². The summed E-state index contributed by atoms with van der Waals surface area (Å²) >= 11 is 5.60. The Morgan fingerprint density at radius 3 is 2.18 bits per heavy atom. The van der Waals surface area contributed by atoms with Crippen molar-refractivity contribution in [3.05, 3.63) is 28.8 Å². The maximum atomic E-state index is 12.4. The third kappa shape index (κ3) is 2.91. The summed E-state index contributed by atoms with van der Waals surface area (Å²) in [6.45, 7) is 0. The summed E-state index contributed by atoms with van der Waals surface area (Å²) in [4.78, 5) is -0.556. The first-order valence-corrected chi connectivity index (χ1v) is 6.18. The summed E-state index contributed by atoms with van der Waals surface area (Å²) in [7, 11) is -1.56. The van der Waals surface area contributed by atoms with Gasteiger partial charge >= 0.3 is 6.18 Å². The highest BCUT2D eigenvalue weighted by Gasteiger charge is 2.33. The monoisotopic (exact) mass is 287 g/mol. The molecule has 0 amide bonds. The number of sulfonamides is 1. The lowest BCUT2D eigenvalue weighted by atomic mass is 10.2. The molecule has 17 heavy (non-hydrogen) atoms. The molecular weight excluding hydrogens is 279 g/mol. The lowest BCUT2D eigenvalue weighted by molar-refractivity contribution is -0.137. The molecule has 0 fully saturated rings. The zero-order valence-electron chi connectivity index (χ0n) is 8.92. The van der Waals surface area contributed by atoms with Crippen molar-refractivity contribution in [2.24, 2.45) is 0 Å². The van der Waals surface area contributed by atoms with Crippen LogP contribution in [0.2, 0.25) is 5.02 Å². The van der Waals surface area contributed by atoms with E-state index in [-0.39, 0.29) is 5.02 Å². The average Bonchev–Trinajstić information content (AvgIpc) is 2.15. The van der Waals surface area contributed by atoms with Crippen LogP contribution in [-0.4, -0.2) is 26.8 Å². The summed E-state index contributed by atoms with van der Waals surface area (Å²) in [6.07, 6.45) is -4.61. The van der Waals surface area contributed by atoms with Crippen molar-refractivity contribution in [1.82, 2.24) is 4.31 Å². The number of halogens is 4. The van der Waals surface area contributed by atoms with Crippen LogP contribution in [0.5, 0.6) is 0 Å². The number of rotatable bonds is 2. The van der Waals surface area contributed by atoms with Gasteiger partial charge in [-0.05, 0) is 18.2 Å². The SMILES string of the molecule is CN(C)S(=O)(=O)c1cc(C(F)(F)F)ccc1Cl. The Kier molecular flexibility index (Phi) is 3.75. The van der Waals surface area contributed by atoms with E-state index >= 15 is 0 Å². The first kappa shape index (κ1) is 14.3. The predicted molar refractivity (Wildman–Crippen MR) is 57.3 cm³/mol. The molecule has 1 aromatic rings. The standard InChI is InChI=1S/C9H9ClF3NO2S/c1-14(2)17(15,16)8-5-6(9(11,12)13)3-4-7(8)10/h3-5H,1-2H3. The Morgan fingerprint density at radius 1 is 1.24 bits per heavy atom. The molecule has 0 unspecified atom stereocenters. The van der Waals surface area contributed by atoms with Crippen LogP contribution in [0.15, 0.2) is 23.1 Å². The minimum Gasteiger partial charge on any atom is -0.207 e. The molecule has 0 heterocycles. The molecule has 0 aliphatic rings. The summed E-state index contributed by atoms with van der Waals surface area (Å²) in [5, 5.41) is -0.244. The molecule has 1 rings (SSSR count). The summed E-state index contributed by atoms with van der Waals surface area (Å²) in [5.41, 5.74) is -1.05. The van der Waals surface area contributed by atoms with E-state index in [0.717, 1.165) is 16.4 Å². The zero-order valence-corrected chi connectivity index (χ0v) is 10.5. The van der Waals surface area contributed by atoms with E-state index in [1.165, 1.54) is 14.1 Å². The molecular formula is C9H9ClF3NO2S. The number of nitrogens with zero attached hydrogens (tertiary/aromatic N) is 1. The van der Waals surface area contributed by atoms with E-state index < -0.39 is 26.7 Å². The van der Waals surface area contributed by atoms with Crippen molar-refractivity contribution in [2.45, 2.75) is 11.1 Å². The van der Waals surface area contributed by atoms with Crippen molar-refractivity contribution in [1.29, 1.82) is 0 Å². The Hall–Kier alpha value is -0.790. The van der Waals surface area contributed by atoms with Gasteiger partial charge in [0.25, 0.3) is 0 Å². The Balaban J connectivity index is 3.46. The second-order valence-corrected chi connectivity index (χ2v) is 5.96. The van der Waals surface area contributed by atoms with E-state index in [2.05, 4.69) is 0 Å². The molecule has 0 saturated heterocycles. The Bertz CT molecular complexity index is 526. The van der Waals surface area contributed by atoms with Crippen LogP contribution in [0.3, 0.4) is 0 Å². The maximum absolute atomic E-state index is 12.4. The first-order valence-electron chi connectivity index (χ1n) is 4.36. The molecule has 96 valence electrons. The van der Waals surface area contributed by atoms with Crippen molar-refractivity contribution in [3.63, 3.8) is 0 Å². The topological polar surface area (TPSA) is 37.4 Å². The number of alkyl halides is 3. The van der Waals surface area contributed by atoms with Gasteiger partial charge in [-0.3, -0.25) is 0 Å². The largest absolute Gasteiger partial charge is 0.416 e. The van der Waals surface area contributed by atoms with E-state index in [1.807, 2.05) is 0 Å². The summed E-state index contributed by atoms with van der Waals surface area (Å²) < 4.78 is 61.5. The molecule has 1 aromatic carbocycles. The quantitative estimate of drug-likeness (QED) is 0.838. The first-order chi connectivity index (χ1) is 7.56. The van der Waals surface area contributed by atoms with Gasteiger partial charge in [-0.2, -0.15) is 13.2 Å². The minimum absolute atomic E-state index is 0.244. The van der Waals surface area contributed by atoms with Crippen LogP contribution in [0.1, 0.15) is 5.56 Å². The van der Waals surface area contributed by atoms with E-state index in [9.17, 15) is 21.6 Å². The number of hydrogen-bond donors (Lipinski definition) is 0. The maximum Gasteiger partial charge on any atom is 0.416 e. The van der Waals surface area contributed by atoms with Gasteiger partial charge in [0.15, 0.2) is 0 Å². The van der Waals surface area contributed by atoms with Crippen LogP contribution in [0.4, 0.5) is 13.2 Å². The highest BCUT2D eigenvalue weighted by atomic mass is 35.5. The Morgan fingerprint density at radius 2 is 1.76 bits per heavy atom. The van der Waals surface area contributed by atoms with E-state index in [1.54, 1.807) is 0 Å². The van der Waals surface area contributed by atoms with Crippen molar-refractivity contribution < 1.29 is 21.6 Å². The zero-order chi connectivity index (χ0) is 13.4. The highest BCUT2D eigenvalue weighted by molar-refractivity contribution is 7.89. The van der Waals surface area contributed by atoms with Crippen LogP contribution in [-0.2, 0) is 16.2 Å². The fraction of sp³-hybridized carbons (Fsp3) is 0.333. The molecule has 0 radical (unpaired) electrons. The van der Waals surface area contributed by atoms with Gasteiger partial charge in [-0.25, -0.2) is 12.7 Å². The van der Waals surface area contributed by atoms with Crippen molar-refractivity contribution >= 4 is 21.6 Å². The van der Waals surface area contributed by atoms with Gasteiger partial charge in [0.2, 0.25) is 10.0 Å². The van der Waals surface area contributed by atoms with Crippen LogP contribution in [0, 0.1) is 0 Å². The molecule has 0 spiro atoms. The fourth-order valence-electron chi connectivity index (χ4n) is 1.07. The number of benzene rings is 1. The van der Waals surface area contributed by atoms with Gasteiger partial charge in [0.1, 0.15) is 4.90 Å². The lowest BCUT2D eigenvalue weighted by Crippen LogP contribution is -2.23. The minimum atomic E-state index is -4.61. The third-order valence-corrected chi connectivity index (χ3v) is 4.31. The molecule has 0 bridgehead atoms. The molecule has 0 aromatic heterocycles. The smallest absolute Gasteiger partial charge is 0.207 e. The summed E-state index contributed by atoms with van der Waals surface area (Å²) in [6, 6.07) is 2.18. The summed E-state index contributed by atoms with van der Waals surface area (Å²) in [5.74, 6) is 0. The second-order valence-electron chi connectivity index (χ2n) is 3.43. The van der Waals surface area contributed by atoms with Crippen LogP contribution in [0.25, 0.3) is 0 Å². The van der Waals surface area contributed by atoms with Gasteiger partial charge in [-0.15, -0.1) is 0 Å². The van der Waals surface area contributed by atoms with Gasteiger partial charge in [-0.1, -0.05) is 11.6 Å². The molecule has 0 saturated carbocycles. The van der Waals surface area contributed by atoms with Crippen molar-refractivity contribution in [2.75, 3.05) is 14.1 Å². The molecule has 0 N–H and O–H groups in total. The normalized spacial score (nSPS) is 13.1. The van der Waals surface area contributed by atoms with Crippen LogP contribution >= 0.6 is 11.6 Å². The van der Waals surface area contributed by atoms with Crippen LogP contribution < -0.4 is 0 Å². The molecule has 8 heteroatoms.